The van der Waals surface area contributed by atoms with Gasteiger partial charge in [0.15, 0.2) is 11.4 Å². The van der Waals surface area contributed by atoms with Crippen LogP contribution < -0.4 is 34.2 Å². The number of nitrogens with zero attached hydrogens (tertiary/aromatic N) is 7. The molecule has 1 amide bonds. The first-order valence-corrected chi connectivity index (χ1v) is 28.2. The first kappa shape index (κ1) is 48.6. The average molecular weight is 1050 g/mol. The van der Waals surface area contributed by atoms with Crippen molar-refractivity contribution in [3.8, 4) is 11.6 Å². The van der Waals surface area contributed by atoms with Crippen LogP contribution >= 0.6 is 0 Å². The molecule has 0 unspecified atom stereocenters. The number of rotatable bonds is 10. The van der Waals surface area contributed by atoms with E-state index in [0.29, 0.717) is 61.8 Å². The molecule has 6 aliphatic heterocycles. The van der Waals surface area contributed by atoms with Crippen LogP contribution in [0.2, 0.25) is 0 Å². The Morgan fingerprint density at radius 2 is 1.70 bits per heavy atom. The van der Waals surface area contributed by atoms with E-state index in [2.05, 4.69) is 77.9 Å². The number of H-pyrrole nitrogens is 1. The van der Waals surface area contributed by atoms with Crippen LogP contribution in [0.15, 0.2) is 102 Å². The molecule has 5 fully saturated rings. The van der Waals surface area contributed by atoms with Crippen molar-refractivity contribution >= 4 is 61.2 Å². The van der Waals surface area contributed by atoms with Crippen molar-refractivity contribution in [2.24, 2.45) is 11.3 Å². The molecule has 1 aliphatic carbocycles. The lowest BCUT2D eigenvalue weighted by Crippen LogP contribution is -2.60. The summed E-state index contributed by atoms with van der Waals surface area (Å²) in [7, 11) is -4.70. The Labute approximate surface area is 441 Å². The van der Waals surface area contributed by atoms with Crippen molar-refractivity contribution in [3.05, 3.63) is 124 Å². The number of carbonyl (C=O) groups excluding carboxylic acids is 1. The third-order valence-electron chi connectivity index (χ3n) is 17.4. The van der Waals surface area contributed by atoms with Gasteiger partial charge in [-0.2, -0.15) is 4.98 Å². The number of piperazine rings is 1. The van der Waals surface area contributed by atoms with E-state index < -0.39 is 37.5 Å². The van der Waals surface area contributed by atoms with Crippen LogP contribution in [-0.4, -0.2) is 129 Å². The molecule has 4 atom stereocenters. The molecule has 20 heteroatoms. The normalized spacial score (nSPS) is 23.8. The van der Waals surface area contributed by atoms with Crippen molar-refractivity contribution in [1.82, 2.24) is 24.6 Å². The number of aromatic amines is 1. The molecule has 6 aromatic rings. The number of amides is 1. The second-order valence-electron chi connectivity index (χ2n) is 21.7. The van der Waals surface area contributed by atoms with Crippen molar-refractivity contribution in [2.75, 3.05) is 85.8 Å². The lowest BCUT2D eigenvalue weighted by atomic mass is 9.59. The van der Waals surface area contributed by atoms with E-state index in [1.807, 2.05) is 42.7 Å². The monoisotopic (exact) mass is 1050 g/mol. The number of fused-ring (bicyclic) bond motifs is 4. The van der Waals surface area contributed by atoms with Gasteiger partial charge in [0, 0.05) is 94.2 Å². The Morgan fingerprint density at radius 3 is 2.50 bits per heavy atom. The summed E-state index contributed by atoms with van der Waals surface area (Å²) in [6, 6.07) is 26.9. The van der Waals surface area contributed by atoms with Gasteiger partial charge in [-0.05, 0) is 117 Å². The first-order chi connectivity index (χ1) is 37.0. The number of piperidine rings is 1. The molecular formula is C56H62N10O9S. The maximum absolute atomic E-state index is 14.9. The van der Waals surface area contributed by atoms with Gasteiger partial charge in [-0.1, -0.05) is 30.3 Å². The maximum Gasteiger partial charge on any atom is 0.297 e. The summed E-state index contributed by atoms with van der Waals surface area (Å²) in [6.07, 6.45) is 9.65. The van der Waals surface area contributed by atoms with Crippen LogP contribution in [0, 0.1) is 28.4 Å². The Morgan fingerprint density at radius 1 is 0.882 bits per heavy atom. The molecule has 0 bridgehead atoms. The summed E-state index contributed by atoms with van der Waals surface area (Å²) < 4.78 is 55.2. The third-order valence-corrected chi connectivity index (χ3v) is 18.7. The minimum atomic E-state index is -4.70. The summed E-state index contributed by atoms with van der Waals surface area (Å²) in [6.45, 7) is 8.74. The molecule has 19 nitrogen and oxygen atoms in total. The second kappa shape index (κ2) is 19.5. The van der Waals surface area contributed by atoms with E-state index >= 15 is 0 Å². The van der Waals surface area contributed by atoms with Crippen LogP contribution in [0.1, 0.15) is 72.5 Å². The molecule has 7 aliphatic rings. The Hall–Kier alpha value is -7.00. The average Bonchev–Trinajstić information content (AvgIpc) is 3.97. The second-order valence-corrected chi connectivity index (χ2v) is 23.4. The quantitative estimate of drug-likeness (QED) is 0.0880. The lowest BCUT2D eigenvalue weighted by molar-refractivity contribution is -0.384. The maximum atomic E-state index is 14.9. The number of carbonyl (C=O) groups is 1. The molecule has 396 valence electrons. The van der Waals surface area contributed by atoms with Gasteiger partial charge in [0.1, 0.15) is 29.9 Å². The number of pyridine rings is 2. The number of nitro benzene ring substituents is 1. The van der Waals surface area contributed by atoms with Gasteiger partial charge in [-0.3, -0.25) is 19.8 Å². The SMILES string of the molecule is Cc1ccccc1[C@@H]1CN(c2ccccn2)CCN1C1CC2(CCN(c3ccc(C(=O)NS(=O)(=O)c4cc5c(c([N+](=O)[O-])c4)N[C@H](C4CCOCC4)CO5)c(N4c5cc6cc[nH]c6nc5O[C@H]5COCC[C@@H]54)c3)CC2)C1. The van der Waals surface area contributed by atoms with Crippen molar-refractivity contribution in [3.63, 3.8) is 0 Å². The summed E-state index contributed by atoms with van der Waals surface area (Å²) in [5.41, 5.74) is 5.34. The number of anilines is 5. The van der Waals surface area contributed by atoms with Gasteiger partial charge in [0.05, 0.1) is 45.8 Å². The van der Waals surface area contributed by atoms with Gasteiger partial charge in [-0.25, -0.2) is 18.1 Å². The molecule has 76 heavy (non-hydrogen) atoms. The molecule has 3 N–H and O–H groups in total. The van der Waals surface area contributed by atoms with Crippen LogP contribution in [0.25, 0.3) is 11.0 Å². The van der Waals surface area contributed by atoms with E-state index in [0.717, 1.165) is 94.2 Å². The Balaban J connectivity index is 0.785. The number of sulfonamides is 1. The number of nitrogens with one attached hydrogen (secondary N) is 3. The number of benzene rings is 3. The van der Waals surface area contributed by atoms with E-state index in [9.17, 15) is 23.3 Å². The standard InChI is InChI=1S/C56H62N10O9S/c1-35-6-2-3-7-41(35)48-32-63(51-8-4-5-17-57-51)21-22-64(48)39-30-56(31-39)15-19-62(20-16-56)38-9-10-42(45(27-38)65-44-14-25-73-34-50(44)75-55-47(65)26-37-11-18-58-53(37)60-55)54(67)61-76(70,71)40-28-46(66(68)69)52-49(29-40)74-33-43(59-52)36-12-23-72-24-13-36/h2-11,17-18,26-29,36,39,43-44,48,50,59H,12-16,19-25,30-34H2,1H3,(H,58,60)(H,61,67)/t43-,44-,48-,50-/m0/s1. The zero-order valence-corrected chi connectivity index (χ0v) is 43.3. The minimum Gasteiger partial charge on any atom is -0.489 e. The number of hydrogen-bond acceptors (Lipinski definition) is 16. The highest BCUT2D eigenvalue weighted by atomic mass is 32.2. The summed E-state index contributed by atoms with van der Waals surface area (Å²) in [5, 5.41) is 16.7. The number of ether oxygens (including phenoxy) is 4. The topological polar surface area (TPSA) is 210 Å². The van der Waals surface area contributed by atoms with Gasteiger partial charge >= 0.3 is 0 Å². The molecule has 1 saturated carbocycles. The summed E-state index contributed by atoms with van der Waals surface area (Å²) in [5.74, 6) is 0.687. The number of hydrogen-bond donors (Lipinski definition) is 3. The predicted molar refractivity (Wildman–Crippen MR) is 286 cm³/mol. The molecule has 13 rings (SSSR count). The van der Waals surface area contributed by atoms with Crippen LogP contribution in [-0.2, 0) is 19.5 Å². The summed E-state index contributed by atoms with van der Waals surface area (Å²) >= 11 is 0. The van der Waals surface area contributed by atoms with E-state index in [1.54, 1.807) is 6.07 Å². The highest BCUT2D eigenvalue weighted by molar-refractivity contribution is 7.90. The zero-order valence-electron chi connectivity index (χ0n) is 42.4. The first-order valence-electron chi connectivity index (χ1n) is 26.7. The highest BCUT2D eigenvalue weighted by Crippen LogP contribution is 2.54. The smallest absolute Gasteiger partial charge is 0.297 e. The number of aryl methyl sites for hydroxylation is 1. The van der Waals surface area contributed by atoms with Crippen LogP contribution in [0.5, 0.6) is 11.6 Å². The van der Waals surface area contributed by atoms with E-state index in [1.165, 1.54) is 17.2 Å². The van der Waals surface area contributed by atoms with Crippen molar-refractivity contribution in [2.45, 2.75) is 87.0 Å². The molecule has 0 radical (unpaired) electrons. The highest BCUT2D eigenvalue weighted by Gasteiger charge is 2.50. The van der Waals surface area contributed by atoms with Crippen LogP contribution in [0.3, 0.4) is 0 Å². The number of nitro groups is 1. The fourth-order valence-electron chi connectivity index (χ4n) is 13.3. The number of aromatic nitrogens is 3. The third kappa shape index (κ3) is 8.91. The van der Waals surface area contributed by atoms with Gasteiger partial charge in [0.2, 0.25) is 5.88 Å². The molecule has 9 heterocycles. The Bertz CT molecular complexity index is 3300. The van der Waals surface area contributed by atoms with Gasteiger partial charge in [-0.15, -0.1) is 0 Å². The molecule has 1 spiro atoms. The fourth-order valence-corrected chi connectivity index (χ4v) is 14.3. The largest absolute Gasteiger partial charge is 0.489 e. The van der Waals surface area contributed by atoms with Gasteiger partial charge in [0.25, 0.3) is 21.6 Å². The lowest BCUT2D eigenvalue weighted by Gasteiger charge is -2.58. The fraction of sp³-hybridized carbons (Fsp3) is 0.446. The van der Waals surface area contributed by atoms with E-state index in [-0.39, 0.29) is 53.1 Å². The summed E-state index contributed by atoms with van der Waals surface area (Å²) in [4.78, 5) is 48.7. The Kier molecular flexibility index (Phi) is 12.5. The van der Waals surface area contributed by atoms with Crippen LogP contribution in [0.4, 0.5) is 34.3 Å². The van der Waals surface area contributed by atoms with E-state index in [4.69, 9.17) is 28.9 Å². The molecule has 3 aromatic carbocycles. The molecule has 3 aromatic heterocycles. The van der Waals surface area contributed by atoms with Gasteiger partial charge < -0.3 is 43.9 Å². The molecular weight excluding hydrogens is 989 g/mol. The minimum absolute atomic E-state index is 0.0288. The molecule has 4 saturated heterocycles. The zero-order chi connectivity index (χ0) is 51.7. The van der Waals surface area contributed by atoms with Crippen molar-refractivity contribution < 1.29 is 37.1 Å². The predicted octanol–water partition coefficient (Wildman–Crippen LogP) is 7.89. The van der Waals surface area contributed by atoms with Crippen molar-refractivity contribution in [1.29, 1.82) is 0 Å².